The van der Waals surface area contributed by atoms with Crippen molar-refractivity contribution >= 4 is 12.1 Å². The van der Waals surface area contributed by atoms with Crippen LogP contribution >= 0.6 is 0 Å². The molecule has 0 unspecified atom stereocenters. The first-order chi connectivity index (χ1) is 5.74. The monoisotopic (exact) mass is 173 g/mol. The Bertz CT molecular complexity index is 182. The maximum atomic E-state index is 10.4. The maximum absolute atomic E-state index is 10.4. The molecular formula is C7H11NO4. The lowest BCUT2D eigenvalue weighted by Crippen LogP contribution is -2.33. The molecule has 1 aliphatic rings. The molecule has 1 aliphatic heterocycles. The van der Waals surface area contributed by atoms with E-state index in [2.05, 4.69) is 9.47 Å². The van der Waals surface area contributed by atoms with E-state index in [0.717, 1.165) is 0 Å². The Morgan fingerprint density at radius 2 is 2.25 bits per heavy atom. The fraction of sp³-hybridized carbons (Fsp3) is 0.714. The van der Waals surface area contributed by atoms with Gasteiger partial charge in [-0.2, -0.15) is 0 Å². The Morgan fingerprint density at radius 3 is 2.75 bits per heavy atom. The predicted octanol–water partition coefficient (Wildman–Crippen LogP) is 0.783. The normalized spacial score (nSPS) is 17.9. The molecule has 1 fully saturated rings. The van der Waals surface area contributed by atoms with Crippen molar-refractivity contribution in [2.24, 2.45) is 5.92 Å². The Balaban J connectivity index is 2.33. The third-order valence-electron chi connectivity index (χ3n) is 1.48. The van der Waals surface area contributed by atoms with Crippen molar-refractivity contribution in [2.45, 2.75) is 6.92 Å². The van der Waals surface area contributed by atoms with Crippen molar-refractivity contribution in [3.63, 3.8) is 0 Å². The lowest BCUT2D eigenvalue weighted by molar-refractivity contribution is -0.000775. The van der Waals surface area contributed by atoms with E-state index >= 15 is 0 Å². The molecule has 0 atom stereocenters. The van der Waals surface area contributed by atoms with Crippen LogP contribution in [0.15, 0.2) is 0 Å². The van der Waals surface area contributed by atoms with E-state index in [0.29, 0.717) is 6.61 Å². The van der Waals surface area contributed by atoms with Crippen molar-refractivity contribution in [2.75, 3.05) is 19.8 Å². The highest BCUT2D eigenvalue weighted by Gasteiger charge is 2.25. The number of nitrogens with one attached hydrogen (secondary N) is 1. The molecule has 0 saturated carbocycles. The van der Waals surface area contributed by atoms with Crippen LogP contribution in [-0.4, -0.2) is 31.9 Å². The molecule has 1 saturated heterocycles. The van der Waals surface area contributed by atoms with Crippen molar-refractivity contribution in [3.8, 4) is 0 Å². The number of cyclic esters (lactones) is 2. The van der Waals surface area contributed by atoms with E-state index in [1.54, 1.807) is 6.92 Å². The molecule has 0 amide bonds. The van der Waals surface area contributed by atoms with Crippen LogP contribution in [0.5, 0.6) is 0 Å². The summed E-state index contributed by atoms with van der Waals surface area (Å²) in [5.41, 5.74) is 0. The van der Waals surface area contributed by atoms with Crippen LogP contribution in [-0.2, 0) is 14.2 Å². The first-order valence-corrected chi connectivity index (χ1v) is 3.74. The fourth-order valence-corrected chi connectivity index (χ4v) is 0.852. The third kappa shape index (κ3) is 2.11. The summed E-state index contributed by atoms with van der Waals surface area (Å²) in [5.74, 6) is -0.132. The Kier molecular flexibility index (Phi) is 2.90. The number of hydrogen-bond donors (Lipinski definition) is 1. The minimum atomic E-state index is -0.671. The minimum absolute atomic E-state index is 0.116. The maximum Gasteiger partial charge on any atom is 0.508 e. The number of hydrogen-bond acceptors (Lipinski definition) is 5. The van der Waals surface area contributed by atoms with Gasteiger partial charge in [0.15, 0.2) is 5.90 Å². The minimum Gasteiger partial charge on any atom is -0.481 e. The molecule has 1 N–H and O–H groups in total. The van der Waals surface area contributed by atoms with E-state index in [1.807, 2.05) is 0 Å². The first kappa shape index (κ1) is 8.83. The van der Waals surface area contributed by atoms with Crippen LogP contribution in [0.25, 0.3) is 0 Å². The number of carbonyl (C=O) groups is 1. The van der Waals surface area contributed by atoms with Gasteiger partial charge in [0.05, 0.1) is 6.61 Å². The van der Waals surface area contributed by atoms with Crippen LogP contribution < -0.4 is 0 Å². The highest BCUT2D eigenvalue weighted by atomic mass is 16.7. The smallest absolute Gasteiger partial charge is 0.481 e. The van der Waals surface area contributed by atoms with E-state index < -0.39 is 6.16 Å². The van der Waals surface area contributed by atoms with Crippen LogP contribution in [0.1, 0.15) is 6.92 Å². The lowest BCUT2D eigenvalue weighted by atomic mass is 10.1. The molecule has 5 heteroatoms. The molecule has 0 aromatic carbocycles. The van der Waals surface area contributed by atoms with Gasteiger partial charge in [-0.3, -0.25) is 5.41 Å². The zero-order valence-electron chi connectivity index (χ0n) is 6.83. The molecule has 1 heterocycles. The van der Waals surface area contributed by atoms with Gasteiger partial charge >= 0.3 is 6.16 Å². The quantitative estimate of drug-likeness (QED) is 0.380. The predicted molar refractivity (Wildman–Crippen MR) is 40.1 cm³/mol. The Morgan fingerprint density at radius 1 is 1.67 bits per heavy atom. The summed E-state index contributed by atoms with van der Waals surface area (Å²) < 4.78 is 14.1. The highest BCUT2D eigenvalue weighted by Crippen LogP contribution is 2.09. The number of carbonyl (C=O) groups excluding carboxylic acids is 1. The second-order valence-electron chi connectivity index (χ2n) is 2.37. The Labute approximate surface area is 70.1 Å². The molecule has 0 spiro atoms. The van der Waals surface area contributed by atoms with Gasteiger partial charge in [-0.05, 0) is 6.92 Å². The van der Waals surface area contributed by atoms with Crippen LogP contribution in [0, 0.1) is 11.3 Å². The SMILES string of the molecule is CCOC(=N)C1COC(=O)OC1. The second kappa shape index (κ2) is 3.94. The highest BCUT2D eigenvalue weighted by molar-refractivity contribution is 5.77. The second-order valence-corrected chi connectivity index (χ2v) is 2.37. The summed E-state index contributed by atoms with van der Waals surface area (Å²) in [4.78, 5) is 10.4. The number of ether oxygens (including phenoxy) is 3. The largest absolute Gasteiger partial charge is 0.508 e. The average molecular weight is 173 g/mol. The molecule has 0 aromatic heterocycles. The number of rotatable bonds is 2. The summed E-state index contributed by atoms with van der Waals surface area (Å²) in [7, 11) is 0. The van der Waals surface area contributed by atoms with Gasteiger partial charge in [0.2, 0.25) is 0 Å². The van der Waals surface area contributed by atoms with Crippen LogP contribution in [0.3, 0.4) is 0 Å². The van der Waals surface area contributed by atoms with Crippen molar-refractivity contribution in [1.82, 2.24) is 0 Å². The Hall–Kier alpha value is -1.26. The van der Waals surface area contributed by atoms with Gasteiger partial charge in [-0.25, -0.2) is 4.79 Å². The molecule has 0 aromatic rings. The molecule has 1 rings (SSSR count). The van der Waals surface area contributed by atoms with E-state index in [-0.39, 0.29) is 25.0 Å². The molecule has 5 nitrogen and oxygen atoms in total. The van der Waals surface area contributed by atoms with Crippen molar-refractivity contribution in [3.05, 3.63) is 0 Å². The summed E-state index contributed by atoms with van der Waals surface area (Å²) in [6.45, 7) is 2.60. The summed E-state index contributed by atoms with van der Waals surface area (Å²) in [6, 6.07) is 0. The molecule has 68 valence electrons. The van der Waals surface area contributed by atoms with Gasteiger partial charge in [0.25, 0.3) is 0 Å². The van der Waals surface area contributed by atoms with Crippen LogP contribution in [0.4, 0.5) is 4.79 Å². The van der Waals surface area contributed by atoms with Gasteiger partial charge in [0.1, 0.15) is 19.1 Å². The molecule has 0 bridgehead atoms. The fourth-order valence-electron chi connectivity index (χ4n) is 0.852. The topological polar surface area (TPSA) is 68.6 Å². The zero-order chi connectivity index (χ0) is 8.97. The van der Waals surface area contributed by atoms with Crippen LogP contribution in [0.2, 0.25) is 0 Å². The van der Waals surface area contributed by atoms with Crippen molar-refractivity contribution in [1.29, 1.82) is 5.41 Å². The van der Waals surface area contributed by atoms with E-state index in [9.17, 15) is 4.79 Å². The summed E-state index contributed by atoms with van der Waals surface area (Å²) in [5, 5.41) is 7.36. The summed E-state index contributed by atoms with van der Waals surface area (Å²) in [6.07, 6.45) is -0.671. The molecule has 12 heavy (non-hydrogen) atoms. The van der Waals surface area contributed by atoms with Gasteiger partial charge in [0, 0.05) is 0 Å². The van der Waals surface area contributed by atoms with Gasteiger partial charge in [-0.15, -0.1) is 0 Å². The summed E-state index contributed by atoms with van der Waals surface area (Å²) >= 11 is 0. The zero-order valence-corrected chi connectivity index (χ0v) is 6.83. The van der Waals surface area contributed by atoms with E-state index in [4.69, 9.17) is 10.1 Å². The van der Waals surface area contributed by atoms with E-state index in [1.165, 1.54) is 0 Å². The first-order valence-electron chi connectivity index (χ1n) is 3.74. The van der Waals surface area contributed by atoms with Gasteiger partial charge < -0.3 is 14.2 Å². The lowest BCUT2D eigenvalue weighted by Gasteiger charge is -2.21. The van der Waals surface area contributed by atoms with Crippen molar-refractivity contribution < 1.29 is 19.0 Å². The molecule has 0 radical (unpaired) electrons. The average Bonchev–Trinajstić information content (AvgIpc) is 2.06. The third-order valence-corrected chi connectivity index (χ3v) is 1.48. The molecule has 0 aliphatic carbocycles. The molecular weight excluding hydrogens is 162 g/mol. The standard InChI is InChI=1S/C7H11NO4/c1-2-10-6(8)5-3-11-7(9)12-4-5/h5,8H,2-4H2,1H3. The van der Waals surface area contributed by atoms with Gasteiger partial charge in [-0.1, -0.05) is 0 Å².